The predicted molar refractivity (Wildman–Crippen MR) is 131 cm³/mol. The number of benzene rings is 1. The molecule has 4 amide bonds. The van der Waals surface area contributed by atoms with Crippen molar-refractivity contribution in [1.29, 1.82) is 0 Å². The zero-order chi connectivity index (χ0) is 26.6. The van der Waals surface area contributed by atoms with Crippen molar-refractivity contribution in [3.05, 3.63) is 53.0 Å². The molecule has 0 fully saturated rings. The zero-order valence-electron chi connectivity index (χ0n) is 19.5. The van der Waals surface area contributed by atoms with Gasteiger partial charge in [0.25, 0.3) is 5.91 Å². The van der Waals surface area contributed by atoms with Crippen LogP contribution in [0.2, 0.25) is 0 Å². The van der Waals surface area contributed by atoms with E-state index in [2.05, 4.69) is 15.4 Å². The standard InChI is InChI=1S/C22H23N7O7.CH4/c1-11-4-5-14(18(23)31)6-16(11)29(22(34)36-10-35-21(33)13(3)26-9-30)20-17-12(2)15(19(24)32)7-28(17)27-8-25-20;/h4-9,13H,10H2,1-3H3,(H2,23,31)(H2,24,32)(H,26,30);1H4/t13-;/m0./s1. The summed E-state index contributed by atoms with van der Waals surface area (Å²) < 4.78 is 11.4. The van der Waals surface area contributed by atoms with E-state index < -0.39 is 36.7 Å². The second kappa shape index (κ2) is 11.6. The molecule has 0 spiro atoms. The molecule has 0 aliphatic rings. The van der Waals surface area contributed by atoms with E-state index >= 15 is 0 Å². The fraction of sp³-hybridized carbons (Fsp3) is 0.261. The highest BCUT2D eigenvalue weighted by atomic mass is 16.7. The van der Waals surface area contributed by atoms with E-state index in [0.717, 1.165) is 11.2 Å². The number of carbonyl (C=O) groups is 5. The number of fused-ring (bicyclic) bond motifs is 1. The van der Waals surface area contributed by atoms with Crippen LogP contribution < -0.4 is 21.7 Å². The Balaban J connectivity index is 0.00000481. The van der Waals surface area contributed by atoms with Gasteiger partial charge in [-0.15, -0.1) is 0 Å². The molecule has 0 saturated carbocycles. The normalized spacial score (nSPS) is 11.1. The minimum Gasteiger partial charge on any atom is -0.426 e. The van der Waals surface area contributed by atoms with Crippen molar-refractivity contribution in [2.45, 2.75) is 34.2 Å². The summed E-state index contributed by atoms with van der Waals surface area (Å²) in [7, 11) is 0. The average molecular weight is 514 g/mol. The third-order valence-corrected chi connectivity index (χ3v) is 5.26. The van der Waals surface area contributed by atoms with Crippen LogP contribution in [0.15, 0.2) is 30.7 Å². The molecule has 5 N–H and O–H groups in total. The average Bonchev–Trinajstić information content (AvgIpc) is 3.18. The Labute approximate surface area is 211 Å². The number of nitrogens with zero attached hydrogens (tertiary/aromatic N) is 4. The maximum atomic E-state index is 13.3. The first-order valence-electron chi connectivity index (χ1n) is 10.4. The fourth-order valence-corrected chi connectivity index (χ4v) is 3.35. The van der Waals surface area contributed by atoms with Gasteiger partial charge in [-0.1, -0.05) is 13.5 Å². The van der Waals surface area contributed by atoms with Crippen LogP contribution in [-0.2, 0) is 19.1 Å². The van der Waals surface area contributed by atoms with Gasteiger partial charge >= 0.3 is 12.1 Å². The lowest BCUT2D eigenvalue weighted by Gasteiger charge is -2.24. The summed E-state index contributed by atoms with van der Waals surface area (Å²) in [5.41, 5.74) is 12.5. The lowest BCUT2D eigenvalue weighted by atomic mass is 10.1. The van der Waals surface area contributed by atoms with Crippen LogP contribution in [0.4, 0.5) is 16.3 Å². The molecular weight excluding hydrogens is 486 g/mol. The number of rotatable bonds is 9. The van der Waals surface area contributed by atoms with E-state index in [1.165, 1.54) is 29.8 Å². The Morgan fingerprint density at radius 2 is 1.86 bits per heavy atom. The first-order valence-corrected chi connectivity index (χ1v) is 10.4. The van der Waals surface area contributed by atoms with E-state index in [1.807, 2.05) is 0 Å². The summed E-state index contributed by atoms with van der Waals surface area (Å²) >= 11 is 0. The summed E-state index contributed by atoms with van der Waals surface area (Å²) in [4.78, 5) is 64.7. The second-order valence-corrected chi connectivity index (χ2v) is 7.61. The summed E-state index contributed by atoms with van der Waals surface area (Å²) in [5.74, 6) is -2.30. The van der Waals surface area contributed by atoms with Gasteiger partial charge < -0.3 is 26.3 Å². The molecule has 3 aromatic rings. The molecule has 0 unspecified atom stereocenters. The SMILES string of the molecule is C.Cc1ccc(C(N)=O)cc1N(C(=O)OCOC(=O)[C@H](C)NC=O)c1ncnn2cc(C(N)=O)c(C)c12. The van der Waals surface area contributed by atoms with Crippen LogP contribution >= 0.6 is 0 Å². The summed E-state index contributed by atoms with van der Waals surface area (Å²) in [6.07, 6.45) is 1.82. The van der Waals surface area contributed by atoms with Crippen LogP contribution in [0.25, 0.3) is 5.52 Å². The van der Waals surface area contributed by atoms with Crippen molar-refractivity contribution in [2.24, 2.45) is 11.5 Å². The van der Waals surface area contributed by atoms with E-state index in [9.17, 15) is 24.0 Å². The molecular formula is C23H27N7O7. The first-order chi connectivity index (χ1) is 17.1. The van der Waals surface area contributed by atoms with Gasteiger partial charge in [0, 0.05) is 11.8 Å². The molecule has 14 heteroatoms. The maximum Gasteiger partial charge on any atom is 0.423 e. The Kier molecular flexibility index (Phi) is 8.86. The van der Waals surface area contributed by atoms with Gasteiger partial charge in [0.1, 0.15) is 17.9 Å². The van der Waals surface area contributed by atoms with E-state index in [-0.39, 0.29) is 35.6 Å². The van der Waals surface area contributed by atoms with E-state index in [0.29, 0.717) is 17.5 Å². The Morgan fingerprint density at radius 1 is 1.16 bits per heavy atom. The number of primary amides is 2. The van der Waals surface area contributed by atoms with E-state index in [4.69, 9.17) is 20.9 Å². The molecule has 0 bridgehead atoms. The molecule has 0 saturated heterocycles. The molecule has 0 radical (unpaired) electrons. The summed E-state index contributed by atoms with van der Waals surface area (Å²) in [6, 6.07) is 3.45. The van der Waals surface area contributed by atoms with Gasteiger partial charge in [-0.2, -0.15) is 5.10 Å². The Morgan fingerprint density at radius 3 is 2.49 bits per heavy atom. The van der Waals surface area contributed by atoms with Crippen molar-refractivity contribution in [3.8, 4) is 0 Å². The third-order valence-electron chi connectivity index (χ3n) is 5.26. The van der Waals surface area contributed by atoms with Crippen LogP contribution in [0, 0.1) is 13.8 Å². The smallest absolute Gasteiger partial charge is 0.423 e. The number of aryl methyl sites for hydroxylation is 2. The molecule has 2 heterocycles. The van der Waals surface area contributed by atoms with Crippen molar-refractivity contribution in [2.75, 3.05) is 11.7 Å². The number of anilines is 2. The van der Waals surface area contributed by atoms with Crippen LogP contribution in [0.3, 0.4) is 0 Å². The monoisotopic (exact) mass is 513 g/mol. The molecule has 196 valence electrons. The number of esters is 1. The highest BCUT2D eigenvalue weighted by Gasteiger charge is 2.28. The quantitative estimate of drug-likeness (QED) is 0.213. The minimum atomic E-state index is -1.04. The molecule has 3 rings (SSSR count). The molecule has 1 aromatic carbocycles. The fourth-order valence-electron chi connectivity index (χ4n) is 3.35. The molecule has 1 atom stereocenters. The number of ether oxygens (including phenoxy) is 2. The van der Waals surface area contributed by atoms with E-state index in [1.54, 1.807) is 19.9 Å². The zero-order valence-corrected chi connectivity index (χ0v) is 19.5. The highest BCUT2D eigenvalue weighted by Crippen LogP contribution is 2.33. The minimum absolute atomic E-state index is 0. The van der Waals surface area contributed by atoms with Crippen LogP contribution in [0.5, 0.6) is 0 Å². The topological polar surface area (TPSA) is 201 Å². The van der Waals surface area contributed by atoms with Crippen molar-refractivity contribution < 1.29 is 33.4 Å². The predicted octanol–water partition coefficient (Wildman–Crippen LogP) is 1.09. The first kappa shape index (κ1) is 28.2. The van der Waals surface area contributed by atoms with Gasteiger partial charge in [-0.25, -0.2) is 24.0 Å². The van der Waals surface area contributed by atoms with Gasteiger partial charge in [-0.3, -0.25) is 14.4 Å². The Hall–Kier alpha value is -5.01. The van der Waals surface area contributed by atoms with Gasteiger partial charge in [0.05, 0.1) is 11.3 Å². The summed E-state index contributed by atoms with van der Waals surface area (Å²) in [5, 5.41) is 6.28. The number of amides is 4. The van der Waals surface area contributed by atoms with Gasteiger partial charge in [0.2, 0.25) is 19.1 Å². The summed E-state index contributed by atoms with van der Waals surface area (Å²) in [6.45, 7) is 3.86. The number of carbonyl (C=O) groups excluding carboxylic acids is 5. The molecule has 14 nitrogen and oxygen atoms in total. The highest BCUT2D eigenvalue weighted by molar-refractivity contribution is 6.04. The van der Waals surface area contributed by atoms with Crippen LogP contribution in [0.1, 0.15) is 46.2 Å². The van der Waals surface area contributed by atoms with Crippen molar-refractivity contribution in [3.63, 3.8) is 0 Å². The van der Waals surface area contributed by atoms with Gasteiger partial charge in [-0.05, 0) is 44.0 Å². The van der Waals surface area contributed by atoms with Crippen LogP contribution in [-0.4, -0.2) is 57.7 Å². The number of hydrogen-bond donors (Lipinski definition) is 3. The molecule has 0 aliphatic heterocycles. The number of hydrogen-bond acceptors (Lipinski definition) is 9. The maximum absolute atomic E-state index is 13.3. The third kappa shape index (κ3) is 5.80. The molecule has 0 aliphatic carbocycles. The van der Waals surface area contributed by atoms with Crippen molar-refractivity contribution >= 4 is 47.3 Å². The second-order valence-electron chi connectivity index (χ2n) is 7.61. The molecule has 37 heavy (non-hydrogen) atoms. The lowest BCUT2D eigenvalue weighted by molar-refractivity contribution is -0.154. The number of nitrogens with one attached hydrogen (secondary N) is 1. The lowest BCUT2D eigenvalue weighted by Crippen LogP contribution is -2.36. The number of nitrogens with two attached hydrogens (primary N) is 2. The largest absolute Gasteiger partial charge is 0.426 e. The Bertz CT molecular complexity index is 1370. The number of aromatic nitrogens is 3. The van der Waals surface area contributed by atoms with Crippen molar-refractivity contribution in [1.82, 2.24) is 19.9 Å². The molecule has 2 aromatic heterocycles. The van der Waals surface area contributed by atoms with Gasteiger partial charge in [0.15, 0.2) is 5.82 Å².